The van der Waals surface area contributed by atoms with Gasteiger partial charge in [0.2, 0.25) is 0 Å². The van der Waals surface area contributed by atoms with Gasteiger partial charge in [-0.2, -0.15) is 5.10 Å². The Labute approximate surface area is 174 Å². The predicted molar refractivity (Wildman–Crippen MR) is 115 cm³/mol. The number of halogens is 2. The topological polar surface area (TPSA) is 44.7 Å². The molecule has 0 radical (unpaired) electrons. The standard InChI is InChI=1S/C21H15Br2N3O/c22-16-9-5-14(6-10-16)13-24-26-20(15-7-11-17(23)12-8-15)25-19-4-2-1-3-18(19)21(26)27/h1-13,20,25H/b24-13+. The number of fused-ring (bicyclic) bond motifs is 1. The molecule has 0 fully saturated rings. The van der Waals surface area contributed by atoms with E-state index in [4.69, 9.17) is 0 Å². The molecule has 1 unspecified atom stereocenters. The second-order valence-corrected chi connectivity index (χ2v) is 7.92. The van der Waals surface area contributed by atoms with Crippen LogP contribution in [0.2, 0.25) is 0 Å². The molecular weight excluding hydrogens is 470 g/mol. The average Bonchev–Trinajstić information content (AvgIpc) is 2.69. The molecule has 3 aromatic rings. The van der Waals surface area contributed by atoms with Crippen molar-refractivity contribution in [2.75, 3.05) is 5.32 Å². The zero-order valence-corrected chi connectivity index (χ0v) is 17.3. The van der Waals surface area contributed by atoms with Crippen molar-refractivity contribution in [1.82, 2.24) is 5.01 Å². The van der Waals surface area contributed by atoms with Crippen LogP contribution in [-0.2, 0) is 0 Å². The number of anilines is 1. The van der Waals surface area contributed by atoms with Gasteiger partial charge in [-0.25, -0.2) is 5.01 Å². The molecule has 4 rings (SSSR count). The van der Waals surface area contributed by atoms with E-state index in [1.807, 2.05) is 72.8 Å². The molecule has 0 aromatic heterocycles. The SMILES string of the molecule is O=C1c2ccccc2NC(c2ccc(Br)cc2)N1/N=C/c1ccc(Br)cc1. The van der Waals surface area contributed by atoms with E-state index in [1.54, 1.807) is 6.21 Å². The Kier molecular flexibility index (Phi) is 5.09. The number of nitrogens with zero attached hydrogens (tertiary/aromatic N) is 2. The lowest BCUT2D eigenvalue weighted by atomic mass is 10.1. The van der Waals surface area contributed by atoms with Crippen LogP contribution in [0.25, 0.3) is 0 Å². The summed E-state index contributed by atoms with van der Waals surface area (Å²) >= 11 is 6.88. The van der Waals surface area contributed by atoms with Gasteiger partial charge in [-0.3, -0.25) is 4.79 Å². The van der Waals surface area contributed by atoms with Gasteiger partial charge in [-0.15, -0.1) is 0 Å². The Balaban J connectivity index is 1.73. The van der Waals surface area contributed by atoms with Crippen molar-refractivity contribution in [1.29, 1.82) is 0 Å². The average molecular weight is 485 g/mol. The van der Waals surface area contributed by atoms with Crippen LogP contribution < -0.4 is 5.32 Å². The molecule has 0 spiro atoms. The van der Waals surface area contributed by atoms with Crippen LogP contribution in [0.4, 0.5) is 5.69 Å². The van der Waals surface area contributed by atoms with Crippen LogP contribution in [0.5, 0.6) is 0 Å². The lowest BCUT2D eigenvalue weighted by Gasteiger charge is -2.34. The third kappa shape index (κ3) is 3.82. The van der Waals surface area contributed by atoms with E-state index in [0.717, 1.165) is 25.8 Å². The number of hydrogen-bond acceptors (Lipinski definition) is 3. The maximum Gasteiger partial charge on any atom is 0.278 e. The lowest BCUT2D eigenvalue weighted by molar-refractivity contribution is 0.0691. The van der Waals surface area contributed by atoms with E-state index in [2.05, 4.69) is 42.3 Å². The number of nitrogens with one attached hydrogen (secondary N) is 1. The van der Waals surface area contributed by atoms with Gasteiger partial charge in [0.25, 0.3) is 5.91 Å². The van der Waals surface area contributed by atoms with E-state index in [9.17, 15) is 4.79 Å². The maximum atomic E-state index is 13.1. The summed E-state index contributed by atoms with van der Waals surface area (Å²) in [5, 5.41) is 9.43. The fourth-order valence-corrected chi connectivity index (χ4v) is 3.44. The Morgan fingerprint density at radius 3 is 2.22 bits per heavy atom. The highest BCUT2D eigenvalue weighted by Gasteiger charge is 2.32. The molecule has 134 valence electrons. The van der Waals surface area contributed by atoms with Crippen LogP contribution in [0, 0.1) is 0 Å². The quantitative estimate of drug-likeness (QED) is 0.476. The molecule has 1 atom stereocenters. The van der Waals surface area contributed by atoms with Gasteiger partial charge in [-0.1, -0.05) is 68.3 Å². The number of hydrazone groups is 1. The molecule has 1 aliphatic heterocycles. The van der Waals surface area contributed by atoms with Crippen LogP contribution in [0.1, 0.15) is 27.7 Å². The Morgan fingerprint density at radius 1 is 0.889 bits per heavy atom. The van der Waals surface area contributed by atoms with Gasteiger partial charge in [0.1, 0.15) is 0 Å². The van der Waals surface area contributed by atoms with Crippen LogP contribution >= 0.6 is 31.9 Å². The number of carbonyl (C=O) groups excluding carboxylic acids is 1. The molecular formula is C21H15Br2N3O. The first kappa shape index (κ1) is 17.9. The highest BCUT2D eigenvalue weighted by molar-refractivity contribution is 9.10. The predicted octanol–water partition coefficient (Wildman–Crippen LogP) is 5.81. The van der Waals surface area contributed by atoms with Crippen molar-refractivity contribution in [2.45, 2.75) is 6.17 Å². The van der Waals surface area contributed by atoms with Gasteiger partial charge in [0.15, 0.2) is 6.17 Å². The molecule has 0 aliphatic carbocycles. The molecule has 1 N–H and O–H groups in total. The molecule has 0 saturated carbocycles. The van der Waals surface area contributed by atoms with E-state index >= 15 is 0 Å². The zero-order valence-electron chi connectivity index (χ0n) is 14.1. The largest absolute Gasteiger partial charge is 0.359 e. The zero-order chi connectivity index (χ0) is 18.8. The number of benzene rings is 3. The van der Waals surface area contributed by atoms with Gasteiger partial charge < -0.3 is 5.32 Å². The second-order valence-electron chi connectivity index (χ2n) is 6.09. The van der Waals surface area contributed by atoms with Crippen molar-refractivity contribution >= 4 is 49.7 Å². The fraction of sp³-hybridized carbons (Fsp3) is 0.0476. The Hall–Kier alpha value is -2.44. The fourth-order valence-electron chi connectivity index (χ4n) is 2.91. The summed E-state index contributed by atoms with van der Waals surface area (Å²) in [6.45, 7) is 0. The molecule has 27 heavy (non-hydrogen) atoms. The van der Waals surface area contributed by atoms with Crippen molar-refractivity contribution in [3.63, 3.8) is 0 Å². The van der Waals surface area contributed by atoms with Gasteiger partial charge in [0.05, 0.1) is 11.8 Å². The molecule has 4 nitrogen and oxygen atoms in total. The molecule has 1 amide bonds. The van der Waals surface area contributed by atoms with Crippen molar-refractivity contribution in [3.05, 3.63) is 98.4 Å². The summed E-state index contributed by atoms with van der Waals surface area (Å²) in [5.41, 5.74) is 3.29. The number of para-hydroxylation sites is 1. The molecule has 1 heterocycles. The molecule has 0 bridgehead atoms. The smallest absolute Gasteiger partial charge is 0.278 e. The minimum absolute atomic E-state index is 0.134. The Morgan fingerprint density at radius 2 is 1.52 bits per heavy atom. The first-order valence-electron chi connectivity index (χ1n) is 8.36. The van der Waals surface area contributed by atoms with E-state index in [1.165, 1.54) is 5.01 Å². The molecule has 0 saturated heterocycles. The van der Waals surface area contributed by atoms with Crippen LogP contribution in [0.15, 0.2) is 86.8 Å². The first-order chi connectivity index (χ1) is 13.1. The normalized spacial score (nSPS) is 16.3. The second kappa shape index (κ2) is 7.66. The number of carbonyl (C=O) groups is 1. The number of amides is 1. The highest BCUT2D eigenvalue weighted by atomic mass is 79.9. The van der Waals surface area contributed by atoms with Crippen molar-refractivity contribution in [2.24, 2.45) is 5.10 Å². The van der Waals surface area contributed by atoms with Gasteiger partial charge >= 0.3 is 0 Å². The number of rotatable bonds is 3. The minimum atomic E-state index is -0.382. The molecule has 3 aromatic carbocycles. The summed E-state index contributed by atoms with van der Waals surface area (Å²) in [6.07, 6.45) is 1.32. The van der Waals surface area contributed by atoms with E-state index in [0.29, 0.717) is 5.56 Å². The van der Waals surface area contributed by atoms with Crippen LogP contribution in [-0.4, -0.2) is 17.1 Å². The highest BCUT2D eigenvalue weighted by Crippen LogP contribution is 2.33. The third-order valence-corrected chi connectivity index (χ3v) is 5.35. The summed E-state index contributed by atoms with van der Waals surface area (Å²) in [7, 11) is 0. The Bertz CT molecular complexity index is 1000. The van der Waals surface area contributed by atoms with Gasteiger partial charge in [-0.05, 0) is 47.5 Å². The monoisotopic (exact) mass is 483 g/mol. The first-order valence-corrected chi connectivity index (χ1v) is 9.94. The summed E-state index contributed by atoms with van der Waals surface area (Å²) in [6, 6.07) is 23.1. The van der Waals surface area contributed by atoms with Crippen molar-refractivity contribution in [3.8, 4) is 0 Å². The molecule has 1 aliphatic rings. The summed E-state index contributed by atoms with van der Waals surface area (Å²) in [4.78, 5) is 13.1. The van der Waals surface area contributed by atoms with Crippen LogP contribution in [0.3, 0.4) is 0 Å². The summed E-state index contributed by atoms with van der Waals surface area (Å²) in [5.74, 6) is -0.134. The van der Waals surface area contributed by atoms with Gasteiger partial charge in [0, 0.05) is 14.6 Å². The van der Waals surface area contributed by atoms with E-state index < -0.39 is 0 Å². The summed E-state index contributed by atoms with van der Waals surface area (Å²) < 4.78 is 1.98. The molecule has 6 heteroatoms. The lowest BCUT2D eigenvalue weighted by Crippen LogP contribution is -2.39. The third-order valence-electron chi connectivity index (χ3n) is 4.29. The minimum Gasteiger partial charge on any atom is -0.359 e. The maximum absolute atomic E-state index is 13.1. The van der Waals surface area contributed by atoms with Crippen molar-refractivity contribution < 1.29 is 4.79 Å². The number of hydrogen-bond donors (Lipinski definition) is 1. The van der Waals surface area contributed by atoms with E-state index in [-0.39, 0.29) is 12.1 Å².